The van der Waals surface area contributed by atoms with Crippen LogP contribution in [0.4, 0.5) is 0 Å². The summed E-state index contributed by atoms with van der Waals surface area (Å²) in [5.74, 6) is 0. The highest BCUT2D eigenvalue weighted by Crippen LogP contribution is 2.19. The van der Waals surface area contributed by atoms with Crippen LogP contribution in [0.1, 0.15) is 6.92 Å². The second-order valence-corrected chi connectivity index (χ2v) is 4.27. The Bertz CT molecular complexity index is 810. The molecule has 0 heterocycles. The molecule has 0 radical (unpaired) electrons. The molecule has 0 bridgehead atoms. The van der Waals surface area contributed by atoms with Gasteiger partial charge in [-0.2, -0.15) is 0 Å². The van der Waals surface area contributed by atoms with Gasteiger partial charge < -0.3 is 0 Å². The highest BCUT2D eigenvalue weighted by Gasteiger charge is 2.02. The van der Waals surface area contributed by atoms with Gasteiger partial charge in [-0.1, -0.05) is 61.2 Å². The minimum atomic E-state index is 1.13. The van der Waals surface area contributed by atoms with Crippen molar-refractivity contribution in [3.63, 3.8) is 0 Å². The first-order chi connectivity index (χ1) is 8.33. The fraction of sp³-hybridized carbons (Fsp3) is 0.0588. The molecule has 0 unspecified atom stereocenters. The van der Waals surface area contributed by atoms with E-state index in [4.69, 9.17) is 0 Å². The quantitative estimate of drug-likeness (QED) is 0.508. The van der Waals surface area contributed by atoms with Gasteiger partial charge in [0.2, 0.25) is 0 Å². The summed E-state index contributed by atoms with van der Waals surface area (Å²) in [5.41, 5.74) is 0. The highest BCUT2D eigenvalue weighted by atomic mass is 14.1. The fourth-order valence-electron chi connectivity index (χ4n) is 2.57. The Morgan fingerprint density at radius 1 is 0.765 bits per heavy atom. The zero-order valence-electron chi connectivity index (χ0n) is 9.90. The van der Waals surface area contributed by atoms with Crippen molar-refractivity contribution in [1.82, 2.24) is 0 Å². The van der Waals surface area contributed by atoms with Gasteiger partial charge in [-0.25, -0.2) is 0 Å². The molecule has 17 heavy (non-hydrogen) atoms. The predicted molar refractivity (Wildman–Crippen MR) is 76.4 cm³/mol. The molecule has 0 saturated heterocycles. The third kappa shape index (κ3) is 1.38. The molecule has 0 nitrogen and oxygen atoms in total. The van der Waals surface area contributed by atoms with Gasteiger partial charge in [0.15, 0.2) is 0 Å². The van der Waals surface area contributed by atoms with E-state index in [1.54, 1.807) is 0 Å². The Morgan fingerprint density at radius 3 is 1.82 bits per heavy atom. The van der Waals surface area contributed by atoms with E-state index in [9.17, 15) is 0 Å². The zero-order valence-corrected chi connectivity index (χ0v) is 9.90. The summed E-state index contributed by atoms with van der Waals surface area (Å²) in [6.07, 6.45) is 2.15. The average molecular weight is 218 g/mol. The number of rotatable bonds is 0. The van der Waals surface area contributed by atoms with Crippen LogP contribution in [0.5, 0.6) is 0 Å². The minimum Gasteiger partial charge on any atom is -0.0905 e. The zero-order chi connectivity index (χ0) is 11.8. The first-order valence-electron chi connectivity index (χ1n) is 5.87. The van der Waals surface area contributed by atoms with Crippen molar-refractivity contribution < 1.29 is 0 Å². The van der Waals surface area contributed by atoms with Gasteiger partial charge in [0.1, 0.15) is 0 Å². The Kier molecular flexibility index (Phi) is 2.22. The molecule has 0 aliphatic heterocycles. The van der Waals surface area contributed by atoms with Gasteiger partial charge in [-0.15, -0.1) is 0 Å². The van der Waals surface area contributed by atoms with Crippen molar-refractivity contribution in [3.05, 3.63) is 59.0 Å². The van der Waals surface area contributed by atoms with E-state index in [-0.39, 0.29) is 0 Å². The van der Waals surface area contributed by atoms with Crippen molar-refractivity contribution in [3.8, 4) is 0 Å². The summed E-state index contributed by atoms with van der Waals surface area (Å²) in [4.78, 5) is 0. The lowest BCUT2D eigenvalue weighted by Crippen LogP contribution is -2.24. The topological polar surface area (TPSA) is 0 Å². The summed E-state index contributed by atoms with van der Waals surface area (Å²) in [6, 6.07) is 17.0. The number of benzene rings is 3. The van der Waals surface area contributed by atoms with Gasteiger partial charge in [0.25, 0.3) is 0 Å². The third-order valence-corrected chi connectivity index (χ3v) is 3.37. The molecular formula is C17H14. The fourth-order valence-corrected chi connectivity index (χ4v) is 2.57. The molecule has 0 spiro atoms. The van der Waals surface area contributed by atoms with Gasteiger partial charge in [0, 0.05) is 0 Å². The molecule has 0 aromatic heterocycles. The maximum atomic E-state index is 4.24. The number of hydrogen-bond donors (Lipinski definition) is 0. The van der Waals surface area contributed by atoms with Gasteiger partial charge in [-0.05, 0) is 38.9 Å². The maximum Gasteiger partial charge on any atom is -0.00991 e. The van der Waals surface area contributed by atoms with E-state index in [0.717, 1.165) is 5.22 Å². The molecule has 0 amide bonds. The van der Waals surface area contributed by atoms with Crippen LogP contribution < -0.4 is 10.4 Å². The second-order valence-electron chi connectivity index (χ2n) is 4.27. The molecule has 0 fully saturated rings. The van der Waals surface area contributed by atoms with E-state index in [1.165, 1.54) is 26.8 Å². The average Bonchev–Trinajstić information content (AvgIpc) is 2.40. The van der Waals surface area contributed by atoms with Crippen molar-refractivity contribution in [1.29, 1.82) is 0 Å². The van der Waals surface area contributed by atoms with Crippen LogP contribution in [-0.2, 0) is 0 Å². The monoisotopic (exact) mass is 218 g/mol. The normalized spacial score (nSPS) is 12.4. The summed E-state index contributed by atoms with van der Waals surface area (Å²) in [7, 11) is 0. The summed E-state index contributed by atoms with van der Waals surface area (Å²) in [5, 5.41) is 7.52. The van der Waals surface area contributed by atoms with Gasteiger partial charge >= 0.3 is 0 Å². The standard InChI is InChI=1S/C17H14/c1-3-13-12(2)14-8-4-5-10-16(14)17-11-7-6-9-15(13)17/h3-11H,2H2,1H3. The third-order valence-electron chi connectivity index (χ3n) is 3.37. The molecule has 3 rings (SSSR count). The van der Waals surface area contributed by atoms with Crippen LogP contribution >= 0.6 is 0 Å². The van der Waals surface area contributed by atoms with Gasteiger partial charge in [0.05, 0.1) is 0 Å². The molecule has 0 heteroatoms. The van der Waals surface area contributed by atoms with Gasteiger partial charge in [-0.3, -0.25) is 0 Å². The predicted octanol–water partition coefficient (Wildman–Crippen LogP) is 3.20. The van der Waals surface area contributed by atoms with E-state index in [1.807, 2.05) is 0 Å². The molecular weight excluding hydrogens is 204 g/mol. The van der Waals surface area contributed by atoms with Crippen LogP contribution in [0.3, 0.4) is 0 Å². The molecule has 0 aliphatic rings. The minimum absolute atomic E-state index is 1.13. The van der Waals surface area contributed by atoms with Crippen LogP contribution in [0, 0.1) is 0 Å². The van der Waals surface area contributed by atoms with E-state index in [0.29, 0.717) is 0 Å². The van der Waals surface area contributed by atoms with E-state index < -0.39 is 0 Å². The molecule has 3 aromatic carbocycles. The summed E-state index contributed by atoms with van der Waals surface area (Å²) >= 11 is 0. The molecule has 0 N–H and O–H groups in total. The Morgan fingerprint density at radius 2 is 1.24 bits per heavy atom. The van der Waals surface area contributed by atoms with Crippen LogP contribution in [-0.4, -0.2) is 0 Å². The smallest absolute Gasteiger partial charge is 0.00991 e. The lowest BCUT2D eigenvalue weighted by atomic mass is 9.98. The maximum absolute atomic E-state index is 4.24. The van der Waals surface area contributed by atoms with Crippen LogP contribution in [0.15, 0.2) is 48.5 Å². The SMILES string of the molecule is C=c1c(=CC)c2ccccc2c2ccccc12. The molecule has 0 saturated carbocycles. The lowest BCUT2D eigenvalue weighted by Gasteiger charge is -2.06. The van der Waals surface area contributed by atoms with E-state index in [2.05, 4.69) is 68.1 Å². The molecule has 82 valence electrons. The van der Waals surface area contributed by atoms with Crippen molar-refractivity contribution in [2.75, 3.05) is 0 Å². The van der Waals surface area contributed by atoms with Crippen LogP contribution in [0.25, 0.3) is 34.2 Å². The Hall–Kier alpha value is -2.08. The molecule has 3 aromatic rings. The summed E-state index contributed by atoms with van der Waals surface area (Å²) < 4.78 is 0. The van der Waals surface area contributed by atoms with Crippen molar-refractivity contribution in [2.45, 2.75) is 6.92 Å². The first-order valence-corrected chi connectivity index (χ1v) is 5.87. The largest absolute Gasteiger partial charge is 0.0905 e. The highest BCUT2D eigenvalue weighted by molar-refractivity contribution is 6.07. The summed E-state index contributed by atoms with van der Waals surface area (Å²) in [6.45, 7) is 6.31. The molecule has 0 atom stereocenters. The Labute approximate surface area is 101 Å². The number of fused-ring (bicyclic) bond motifs is 3. The Balaban J connectivity index is 2.80. The lowest BCUT2D eigenvalue weighted by molar-refractivity contribution is 1.62. The van der Waals surface area contributed by atoms with E-state index >= 15 is 0 Å². The second kappa shape index (κ2) is 3.74. The van der Waals surface area contributed by atoms with Crippen LogP contribution in [0.2, 0.25) is 0 Å². The number of hydrogen-bond acceptors (Lipinski definition) is 0. The molecule has 0 aliphatic carbocycles. The first kappa shape index (κ1) is 10.1. The van der Waals surface area contributed by atoms with Crippen molar-refractivity contribution >= 4 is 34.2 Å². The van der Waals surface area contributed by atoms with Crippen molar-refractivity contribution in [2.24, 2.45) is 0 Å².